The topological polar surface area (TPSA) is 68.1 Å². The van der Waals surface area contributed by atoms with Crippen molar-refractivity contribution >= 4 is 0 Å². The molecule has 2 aromatic rings. The van der Waals surface area contributed by atoms with Gasteiger partial charge in [0.25, 0.3) is 5.56 Å². The monoisotopic (exact) mass is 258 g/mol. The number of para-hydroxylation sites is 1. The molecule has 1 aromatic heterocycles. The Balaban J connectivity index is 2.47. The largest absolute Gasteiger partial charge is 0.490 e. The molecule has 0 fully saturated rings. The number of pyridine rings is 1. The van der Waals surface area contributed by atoms with E-state index in [1.54, 1.807) is 6.07 Å². The van der Waals surface area contributed by atoms with E-state index in [9.17, 15) is 4.79 Å². The first-order valence-corrected chi connectivity index (χ1v) is 6.30. The summed E-state index contributed by atoms with van der Waals surface area (Å²) in [6.45, 7) is 4.17. The molecular weight excluding hydrogens is 240 g/mol. The van der Waals surface area contributed by atoms with Gasteiger partial charge in [0.05, 0.1) is 11.8 Å². The van der Waals surface area contributed by atoms with Crippen LogP contribution in [-0.4, -0.2) is 11.1 Å². The third-order valence-corrected chi connectivity index (χ3v) is 2.75. The summed E-state index contributed by atoms with van der Waals surface area (Å²) < 4.78 is 5.75. The Morgan fingerprint density at radius 3 is 2.58 bits per heavy atom. The Kier molecular flexibility index (Phi) is 4.02. The second-order valence-electron chi connectivity index (χ2n) is 4.59. The number of aromatic nitrogens is 1. The van der Waals surface area contributed by atoms with Crippen LogP contribution in [0.25, 0.3) is 11.3 Å². The van der Waals surface area contributed by atoms with Crippen LogP contribution in [0.2, 0.25) is 0 Å². The molecule has 0 unspecified atom stereocenters. The molecule has 0 radical (unpaired) electrons. The van der Waals surface area contributed by atoms with E-state index < -0.39 is 0 Å². The van der Waals surface area contributed by atoms with Crippen molar-refractivity contribution in [3.63, 3.8) is 0 Å². The van der Waals surface area contributed by atoms with Gasteiger partial charge in [0.2, 0.25) is 0 Å². The third-order valence-electron chi connectivity index (χ3n) is 2.75. The van der Waals surface area contributed by atoms with Crippen molar-refractivity contribution in [2.75, 3.05) is 0 Å². The smallest absolute Gasteiger partial charge is 0.252 e. The van der Waals surface area contributed by atoms with Crippen LogP contribution in [0.1, 0.15) is 19.4 Å². The zero-order valence-electron chi connectivity index (χ0n) is 11.1. The minimum Gasteiger partial charge on any atom is -0.490 e. The lowest BCUT2D eigenvalue weighted by molar-refractivity contribution is 0.243. The van der Waals surface area contributed by atoms with Gasteiger partial charge in [-0.2, -0.15) is 0 Å². The van der Waals surface area contributed by atoms with Gasteiger partial charge in [-0.15, -0.1) is 0 Å². The summed E-state index contributed by atoms with van der Waals surface area (Å²) in [5.41, 5.74) is 7.52. The SMILES string of the molecule is CC(C)Oc1ccccc1-c1ccc(CN)c(=O)[nH]1. The lowest BCUT2D eigenvalue weighted by Crippen LogP contribution is -2.16. The number of hydrogen-bond acceptors (Lipinski definition) is 3. The van der Waals surface area contributed by atoms with E-state index in [0.717, 1.165) is 17.0 Å². The van der Waals surface area contributed by atoms with Crippen LogP contribution < -0.4 is 16.0 Å². The quantitative estimate of drug-likeness (QED) is 0.884. The van der Waals surface area contributed by atoms with Crippen molar-refractivity contribution in [1.29, 1.82) is 0 Å². The average molecular weight is 258 g/mol. The maximum Gasteiger partial charge on any atom is 0.252 e. The summed E-state index contributed by atoms with van der Waals surface area (Å²) in [6.07, 6.45) is 0.0798. The third kappa shape index (κ3) is 3.03. The molecule has 0 spiro atoms. The molecule has 100 valence electrons. The highest BCUT2D eigenvalue weighted by Crippen LogP contribution is 2.28. The van der Waals surface area contributed by atoms with Crippen LogP contribution >= 0.6 is 0 Å². The fourth-order valence-corrected chi connectivity index (χ4v) is 1.87. The number of rotatable bonds is 4. The molecule has 0 amide bonds. The molecule has 19 heavy (non-hydrogen) atoms. The number of nitrogens with one attached hydrogen (secondary N) is 1. The van der Waals surface area contributed by atoms with E-state index in [0.29, 0.717) is 5.56 Å². The Morgan fingerprint density at radius 1 is 1.21 bits per heavy atom. The first kappa shape index (κ1) is 13.4. The summed E-state index contributed by atoms with van der Waals surface area (Å²) in [5.74, 6) is 0.758. The summed E-state index contributed by atoms with van der Waals surface area (Å²) in [6, 6.07) is 11.2. The zero-order valence-corrected chi connectivity index (χ0v) is 11.1. The van der Waals surface area contributed by atoms with Crippen LogP contribution in [0, 0.1) is 0 Å². The van der Waals surface area contributed by atoms with E-state index in [-0.39, 0.29) is 18.2 Å². The van der Waals surface area contributed by atoms with Crippen molar-refractivity contribution in [1.82, 2.24) is 4.98 Å². The van der Waals surface area contributed by atoms with E-state index in [2.05, 4.69) is 4.98 Å². The van der Waals surface area contributed by atoms with Crippen LogP contribution in [0.4, 0.5) is 0 Å². The Hall–Kier alpha value is -2.07. The van der Waals surface area contributed by atoms with Crippen molar-refractivity contribution < 1.29 is 4.74 Å². The predicted molar refractivity (Wildman–Crippen MR) is 76.2 cm³/mol. The number of benzene rings is 1. The van der Waals surface area contributed by atoms with Gasteiger partial charge in [0, 0.05) is 17.7 Å². The molecule has 1 aromatic carbocycles. The highest BCUT2D eigenvalue weighted by molar-refractivity contribution is 5.67. The fraction of sp³-hybridized carbons (Fsp3) is 0.267. The van der Waals surface area contributed by atoms with Crippen LogP contribution in [-0.2, 0) is 6.54 Å². The summed E-state index contributed by atoms with van der Waals surface area (Å²) >= 11 is 0. The Morgan fingerprint density at radius 2 is 1.95 bits per heavy atom. The number of H-pyrrole nitrogens is 1. The highest BCUT2D eigenvalue weighted by Gasteiger charge is 2.09. The van der Waals surface area contributed by atoms with Gasteiger partial charge in [0.1, 0.15) is 5.75 Å². The van der Waals surface area contributed by atoms with Gasteiger partial charge in [-0.25, -0.2) is 0 Å². The molecular formula is C15H18N2O2. The summed E-state index contributed by atoms with van der Waals surface area (Å²) in [7, 11) is 0. The molecule has 4 nitrogen and oxygen atoms in total. The summed E-state index contributed by atoms with van der Waals surface area (Å²) in [5, 5.41) is 0. The van der Waals surface area contributed by atoms with E-state index >= 15 is 0 Å². The average Bonchev–Trinajstić information content (AvgIpc) is 2.38. The maximum atomic E-state index is 11.8. The van der Waals surface area contributed by atoms with E-state index in [1.165, 1.54) is 0 Å². The molecule has 0 aliphatic carbocycles. The lowest BCUT2D eigenvalue weighted by atomic mass is 10.1. The standard InChI is InChI=1S/C15H18N2O2/c1-10(2)19-14-6-4-3-5-12(14)13-8-7-11(9-16)15(18)17-13/h3-8,10H,9,16H2,1-2H3,(H,17,18). The van der Waals surface area contributed by atoms with Gasteiger partial charge in [-0.3, -0.25) is 4.79 Å². The van der Waals surface area contributed by atoms with Crippen LogP contribution in [0.3, 0.4) is 0 Å². The van der Waals surface area contributed by atoms with Crippen molar-refractivity contribution in [3.05, 3.63) is 52.3 Å². The molecule has 0 saturated carbocycles. The van der Waals surface area contributed by atoms with E-state index in [1.807, 2.05) is 44.2 Å². The zero-order chi connectivity index (χ0) is 13.8. The van der Waals surface area contributed by atoms with Crippen LogP contribution in [0.15, 0.2) is 41.2 Å². The molecule has 0 atom stereocenters. The molecule has 0 aliphatic rings. The van der Waals surface area contributed by atoms with Gasteiger partial charge in [0.15, 0.2) is 0 Å². The van der Waals surface area contributed by atoms with Crippen molar-refractivity contribution in [2.45, 2.75) is 26.5 Å². The molecule has 2 rings (SSSR count). The molecule has 0 aliphatic heterocycles. The summed E-state index contributed by atoms with van der Waals surface area (Å²) in [4.78, 5) is 14.6. The minimum atomic E-state index is -0.153. The highest BCUT2D eigenvalue weighted by atomic mass is 16.5. The Bertz CT molecular complexity index is 618. The molecule has 3 N–H and O–H groups in total. The van der Waals surface area contributed by atoms with Gasteiger partial charge in [-0.1, -0.05) is 18.2 Å². The predicted octanol–water partition coefficient (Wildman–Crippen LogP) is 2.29. The number of ether oxygens (including phenoxy) is 1. The molecule has 0 bridgehead atoms. The molecule has 4 heteroatoms. The van der Waals surface area contributed by atoms with Gasteiger partial charge < -0.3 is 15.5 Å². The fourth-order valence-electron chi connectivity index (χ4n) is 1.87. The van der Waals surface area contributed by atoms with Gasteiger partial charge >= 0.3 is 0 Å². The van der Waals surface area contributed by atoms with Crippen molar-refractivity contribution in [3.8, 4) is 17.0 Å². The van der Waals surface area contributed by atoms with E-state index in [4.69, 9.17) is 10.5 Å². The van der Waals surface area contributed by atoms with Gasteiger partial charge in [-0.05, 0) is 32.0 Å². The minimum absolute atomic E-state index is 0.0798. The first-order chi connectivity index (χ1) is 9.11. The van der Waals surface area contributed by atoms with Crippen molar-refractivity contribution in [2.24, 2.45) is 5.73 Å². The lowest BCUT2D eigenvalue weighted by Gasteiger charge is -2.14. The number of hydrogen-bond donors (Lipinski definition) is 2. The normalized spacial score (nSPS) is 10.7. The second kappa shape index (κ2) is 5.71. The second-order valence-corrected chi connectivity index (χ2v) is 4.59. The molecule has 0 saturated heterocycles. The molecule has 1 heterocycles. The maximum absolute atomic E-state index is 11.8. The number of nitrogens with two attached hydrogens (primary N) is 1. The Labute approximate surface area is 112 Å². The number of aromatic amines is 1. The first-order valence-electron chi connectivity index (χ1n) is 6.30. The van der Waals surface area contributed by atoms with Crippen LogP contribution in [0.5, 0.6) is 5.75 Å².